The Labute approximate surface area is 114 Å². The molecule has 0 radical (unpaired) electrons. The summed E-state index contributed by atoms with van der Waals surface area (Å²) >= 11 is 0. The molecule has 1 N–H and O–H groups in total. The van der Waals surface area contributed by atoms with Crippen LogP contribution in [0.2, 0.25) is 0 Å². The quantitative estimate of drug-likeness (QED) is 0.777. The molecular formula is C12H21N3O3S. The minimum Gasteiger partial charge on any atom is -0.383 e. The molecule has 19 heavy (non-hydrogen) atoms. The molecular weight excluding hydrogens is 266 g/mol. The molecule has 0 amide bonds. The molecule has 0 aliphatic carbocycles. The average Bonchev–Trinajstić information content (AvgIpc) is 2.40. The fourth-order valence-corrected chi connectivity index (χ4v) is 2.99. The third-order valence-electron chi connectivity index (χ3n) is 2.63. The fourth-order valence-electron chi connectivity index (χ4n) is 1.61. The van der Waals surface area contributed by atoms with Crippen molar-refractivity contribution in [3.63, 3.8) is 0 Å². The number of rotatable bonds is 8. The van der Waals surface area contributed by atoms with Crippen LogP contribution in [0.25, 0.3) is 0 Å². The topological polar surface area (TPSA) is 71.5 Å². The Hall–Kier alpha value is -1.18. The fraction of sp³-hybridized carbons (Fsp3) is 0.583. The van der Waals surface area contributed by atoms with Gasteiger partial charge in [0.05, 0.1) is 6.61 Å². The first kappa shape index (κ1) is 15.9. The number of nitrogens with zero attached hydrogens (tertiary/aromatic N) is 2. The summed E-state index contributed by atoms with van der Waals surface area (Å²) in [6.45, 7) is 5.61. The predicted molar refractivity (Wildman–Crippen MR) is 74.7 cm³/mol. The van der Waals surface area contributed by atoms with Gasteiger partial charge in [0.25, 0.3) is 0 Å². The molecule has 0 aliphatic rings. The van der Waals surface area contributed by atoms with Crippen molar-refractivity contribution in [1.82, 2.24) is 9.29 Å². The van der Waals surface area contributed by atoms with Crippen LogP contribution in [0.1, 0.15) is 13.8 Å². The van der Waals surface area contributed by atoms with Crippen molar-refractivity contribution in [2.75, 3.05) is 38.7 Å². The zero-order valence-electron chi connectivity index (χ0n) is 11.6. The first-order chi connectivity index (χ1) is 9.06. The molecule has 7 heteroatoms. The summed E-state index contributed by atoms with van der Waals surface area (Å²) in [4.78, 5) is 4.28. The van der Waals surface area contributed by atoms with E-state index in [4.69, 9.17) is 4.74 Å². The summed E-state index contributed by atoms with van der Waals surface area (Å²) in [6.07, 6.45) is 1.38. The van der Waals surface area contributed by atoms with E-state index in [1.807, 2.05) is 6.92 Å². The van der Waals surface area contributed by atoms with Gasteiger partial charge in [0.1, 0.15) is 10.7 Å². The third kappa shape index (κ3) is 4.15. The summed E-state index contributed by atoms with van der Waals surface area (Å²) in [6, 6.07) is 3.23. The van der Waals surface area contributed by atoms with E-state index >= 15 is 0 Å². The zero-order valence-corrected chi connectivity index (χ0v) is 12.4. The number of anilines is 1. The molecule has 1 aromatic rings. The Bertz CT molecular complexity index is 473. The largest absolute Gasteiger partial charge is 0.383 e. The van der Waals surface area contributed by atoms with E-state index < -0.39 is 10.0 Å². The van der Waals surface area contributed by atoms with Crippen molar-refractivity contribution in [3.05, 3.63) is 18.3 Å². The Morgan fingerprint density at radius 2 is 2.11 bits per heavy atom. The monoisotopic (exact) mass is 287 g/mol. The number of methoxy groups -OCH3 is 1. The molecule has 0 aliphatic heterocycles. The van der Waals surface area contributed by atoms with Crippen molar-refractivity contribution in [2.24, 2.45) is 0 Å². The van der Waals surface area contributed by atoms with Gasteiger partial charge in [0.2, 0.25) is 10.0 Å². The minimum atomic E-state index is -3.49. The van der Waals surface area contributed by atoms with Crippen LogP contribution in [0.5, 0.6) is 0 Å². The van der Waals surface area contributed by atoms with E-state index in [9.17, 15) is 8.42 Å². The van der Waals surface area contributed by atoms with Crippen LogP contribution in [0.3, 0.4) is 0 Å². The highest BCUT2D eigenvalue weighted by Crippen LogP contribution is 2.16. The Kier molecular flexibility index (Phi) is 6.20. The van der Waals surface area contributed by atoms with Gasteiger partial charge in [-0.1, -0.05) is 6.92 Å². The molecule has 1 aromatic heterocycles. The Morgan fingerprint density at radius 3 is 2.58 bits per heavy atom. The molecule has 0 fully saturated rings. The van der Waals surface area contributed by atoms with E-state index in [-0.39, 0.29) is 4.90 Å². The highest BCUT2D eigenvalue weighted by Gasteiger charge is 2.22. The molecule has 0 spiro atoms. The van der Waals surface area contributed by atoms with Crippen molar-refractivity contribution < 1.29 is 13.2 Å². The molecule has 1 heterocycles. The second-order valence-corrected chi connectivity index (χ2v) is 5.84. The lowest BCUT2D eigenvalue weighted by atomic mass is 10.4. The van der Waals surface area contributed by atoms with Crippen molar-refractivity contribution >= 4 is 15.8 Å². The van der Waals surface area contributed by atoms with Crippen LogP contribution in [-0.2, 0) is 14.8 Å². The molecule has 108 valence electrons. The van der Waals surface area contributed by atoms with Gasteiger partial charge in [-0.25, -0.2) is 13.4 Å². The summed E-state index contributed by atoms with van der Waals surface area (Å²) in [7, 11) is -1.94. The van der Waals surface area contributed by atoms with E-state index in [1.165, 1.54) is 10.5 Å². The third-order valence-corrected chi connectivity index (χ3v) is 4.59. The normalized spacial score (nSPS) is 11.8. The Morgan fingerprint density at radius 1 is 1.37 bits per heavy atom. The zero-order chi connectivity index (χ0) is 14.3. The highest BCUT2D eigenvalue weighted by atomic mass is 32.2. The van der Waals surface area contributed by atoms with E-state index in [2.05, 4.69) is 10.3 Å². The average molecular weight is 287 g/mol. The number of hydrogen-bond acceptors (Lipinski definition) is 5. The molecule has 1 rings (SSSR count). The van der Waals surface area contributed by atoms with Gasteiger partial charge in [-0.05, 0) is 19.1 Å². The SMILES string of the molecule is CCNc1ccc(S(=O)(=O)N(CC)CCOC)cn1. The van der Waals surface area contributed by atoms with Gasteiger partial charge in [-0.15, -0.1) is 0 Å². The number of pyridine rings is 1. The maximum Gasteiger partial charge on any atom is 0.244 e. The number of hydrogen-bond donors (Lipinski definition) is 1. The second-order valence-electron chi connectivity index (χ2n) is 3.90. The van der Waals surface area contributed by atoms with Crippen molar-refractivity contribution in [3.8, 4) is 0 Å². The van der Waals surface area contributed by atoms with Crippen LogP contribution in [0.15, 0.2) is 23.2 Å². The van der Waals surface area contributed by atoms with Crippen LogP contribution < -0.4 is 5.32 Å². The standard InChI is InChI=1S/C12H21N3O3S/c1-4-13-12-7-6-11(10-14-12)19(16,17)15(5-2)8-9-18-3/h6-7,10H,4-5,8-9H2,1-3H3,(H,13,14). The van der Waals surface area contributed by atoms with E-state index in [1.54, 1.807) is 26.2 Å². The van der Waals surface area contributed by atoms with Crippen LogP contribution in [-0.4, -0.2) is 51.1 Å². The summed E-state index contributed by atoms with van der Waals surface area (Å²) in [5, 5.41) is 3.02. The molecule has 6 nitrogen and oxygen atoms in total. The van der Waals surface area contributed by atoms with Gasteiger partial charge in [-0.2, -0.15) is 4.31 Å². The molecule has 0 saturated heterocycles. The summed E-state index contributed by atoms with van der Waals surface area (Å²) in [5.41, 5.74) is 0. The molecule has 0 unspecified atom stereocenters. The number of nitrogens with one attached hydrogen (secondary N) is 1. The molecule has 0 atom stereocenters. The van der Waals surface area contributed by atoms with Crippen molar-refractivity contribution in [1.29, 1.82) is 0 Å². The van der Waals surface area contributed by atoms with Gasteiger partial charge >= 0.3 is 0 Å². The maximum atomic E-state index is 12.3. The van der Waals surface area contributed by atoms with Crippen LogP contribution in [0.4, 0.5) is 5.82 Å². The van der Waals surface area contributed by atoms with Crippen LogP contribution in [0, 0.1) is 0 Å². The second kappa shape index (κ2) is 7.42. The van der Waals surface area contributed by atoms with E-state index in [0.29, 0.717) is 25.5 Å². The van der Waals surface area contributed by atoms with Gasteiger partial charge in [0, 0.05) is 32.9 Å². The lowest BCUT2D eigenvalue weighted by Gasteiger charge is -2.19. The maximum absolute atomic E-state index is 12.3. The number of aromatic nitrogens is 1. The molecule has 0 bridgehead atoms. The number of ether oxygens (including phenoxy) is 1. The van der Waals surface area contributed by atoms with E-state index in [0.717, 1.165) is 6.54 Å². The molecule has 0 aromatic carbocycles. The van der Waals surface area contributed by atoms with Crippen LogP contribution >= 0.6 is 0 Å². The lowest BCUT2D eigenvalue weighted by Crippen LogP contribution is -2.33. The minimum absolute atomic E-state index is 0.201. The first-order valence-corrected chi connectivity index (χ1v) is 7.69. The Balaban J connectivity index is 2.91. The smallest absolute Gasteiger partial charge is 0.244 e. The molecule has 0 saturated carbocycles. The highest BCUT2D eigenvalue weighted by molar-refractivity contribution is 7.89. The predicted octanol–water partition coefficient (Wildman–Crippen LogP) is 1.17. The van der Waals surface area contributed by atoms with Crippen molar-refractivity contribution in [2.45, 2.75) is 18.7 Å². The first-order valence-electron chi connectivity index (χ1n) is 6.25. The summed E-state index contributed by atoms with van der Waals surface area (Å²) in [5.74, 6) is 0.668. The summed E-state index contributed by atoms with van der Waals surface area (Å²) < 4.78 is 31.0. The number of likely N-dealkylation sites (N-methyl/N-ethyl adjacent to an activating group) is 1. The lowest BCUT2D eigenvalue weighted by molar-refractivity contribution is 0.180. The van der Waals surface area contributed by atoms with Gasteiger partial charge in [-0.3, -0.25) is 0 Å². The van der Waals surface area contributed by atoms with Gasteiger partial charge < -0.3 is 10.1 Å². The number of sulfonamides is 1. The van der Waals surface area contributed by atoms with Gasteiger partial charge in [0.15, 0.2) is 0 Å².